The molecule has 2 nitrogen and oxygen atoms in total. The maximum absolute atomic E-state index is 12.4. The van der Waals surface area contributed by atoms with Gasteiger partial charge in [0.25, 0.3) is 0 Å². The quantitative estimate of drug-likeness (QED) is 0.626. The van der Waals surface area contributed by atoms with E-state index in [1.807, 2.05) is 0 Å². The van der Waals surface area contributed by atoms with Crippen LogP contribution in [-0.4, -0.2) is 10.1 Å². The highest BCUT2D eigenvalue weighted by molar-refractivity contribution is 5.14. The molecule has 1 aromatic heterocycles. The van der Waals surface area contributed by atoms with Crippen molar-refractivity contribution in [2.24, 2.45) is 0 Å². The van der Waals surface area contributed by atoms with Crippen LogP contribution in [0.5, 0.6) is 0 Å². The van der Waals surface area contributed by atoms with Gasteiger partial charge in [-0.3, -0.25) is 0 Å². The first kappa shape index (κ1) is 8.00. The second-order valence-corrected chi connectivity index (χ2v) is 1.85. The van der Waals surface area contributed by atoms with Crippen molar-refractivity contribution in [1.82, 2.24) is 4.98 Å². The number of nitrogens with zero attached hydrogens (tertiary/aromatic N) is 1. The highest BCUT2D eigenvalue weighted by atomic mass is 19.2. The van der Waals surface area contributed by atoms with E-state index in [9.17, 15) is 13.2 Å². The fourth-order valence-electron chi connectivity index (χ4n) is 0.622. The van der Waals surface area contributed by atoms with Gasteiger partial charge in [0.05, 0.1) is 18.4 Å². The summed E-state index contributed by atoms with van der Waals surface area (Å²) in [6, 6.07) is 0. The lowest BCUT2D eigenvalue weighted by Crippen LogP contribution is -2.00. The van der Waals surface area contributed by atoms with Crippen molar-refractivity contribution in [3.63, 3.8) is 0 Å². The summed E-state index contributed by atoms with van der Waals surface area (Å²) in [6.45, 7) is -0.878. The molecule has 1 rings (SSSR count). The van der Waals surface area contributed by atoms with Crippen LogP contribution in [0, 0.1) is 17.6 Å². The number of aliphatic hydroxyl groups excluding tert-OH is 1. The van der Waals surface area contributed by atoms with Crippen LogP contribution in [0.3, 0.4) is 0 Å². The van der Waals surface area contributed by atoms with Crippen molar-refractivity contribution in [1.29, 1.82) is 0 Å². The Bertz CT molecular complexity index is 277. The molecule has 0 atom stereocenters. The minimum absolute atomic E-state index is 0.518. The van der Waals surface area contributed by atoms with Crippen LogP contribution in [-0.2, 0) is 6.61 Å². The van der Waals surface area contributed by atoms with Gasteiger partial charge in [-0.2, -0.15) is 4.39 Å². The van der Waals surface area contributed by atoms with Crippen LogP contribution >= 0.6 is 0 Å². The number of halogens is 3. The van der Waals surface area contributed by atoms with Crippen molar-refractivity contribution in [3.8, 4) is 0 Å². The summed E-state index contributed by atoms with van der Waals surface area (Å²) in [7, 11) is 0. The first-order chi connectivity index (χ1) is 5.16. The van der Waals surface area contributed by atoms with E-state index in [1.54, 1.807) is 0 Å². The van der Waals surface area contributed by atoms with Gasteiger partial charge in [0, 0.05) is 0 Å². The summed E-state index contributed by atoms with van der Waals surface area (Å²) >= 11 is 0. The minimum Gasteiger partial charge on any atom is -0.391 e. The number of pyridine rings is 1. The first-order valence-electron chi connectivity index (χ1n) is 2.76. The molecule has 0 spiro atoms. The number of aliphatic hydroxyl groups is 1. The summed E-state index contributed by atoms with van der Waals surface area (Å²) in [5.41, 5.74) is -0.697. The average Bonchev–Trinajstić information content (AvgIpc) is 1.99. The molecule has 0 aliphatic rings. The van der Waals surface area contributed by atoms with Crippen LogP contribution in [0.4, 0.5) is 13.2 Å². The van der Waals surface area contributed by atoms with E-state index in [1.165, 1.54) is 0 Å². The molecule has 1 N–H and O–H groups in total. The summed E-state index contributed by atoms with van der Waals surface area (Å²) in [6.07, 6.45) is 0.518. The van der Waals surface area contributed by atoms with Gasteiger partial charge in [-0.1, -0.05) is 0 Å². The van der Waals surface area contributed by atoms with Crippen molar-refractivity contribution in [2.45, 2.75) is 6.61 Å². The molecule has 1 aromatic rings. The lowest BCUT2D eigenvalue weighted by Gasteiger charge is -1.99. The smallest absolute Gasteiger partial charge is 0.249 e. The topological polar surface area (TPSA) is 33.1 Å². The van der Waals surface area contributed by atoms with Crippen LogP contribution in [0.25, 0.3) is 0 Å². The normalized spacial score (nSPS) is 10.2. The standard InChI is InChI=1S/C6H4F3NO/c7-4-1-10-6(9)5(8)3(4)2-11/h1,11H,2H2. The SMILES string of the molecule is OCc1c(F)cnc(F)c1F. The largest absolute Gasteiger partial charge is 0.391 e. The Balaban J connectivity index is 3.29. The molecule has 0 unspecified atom stereocenters. The molecular formula is C6H4F3NO. The zero-order valence-electron chi connectivity index (χ0n) is 5.31. The molecule has 11 heavy (non-hydrogen) atoms. The Labute approximate surface area is 60.3 Å². The Morgan fingerprint density at radius 1 is 1.36 bits per heavy atom. The van der Waals surface area contributed by atoms with Crippen molar-refractivity contribution in [2.75, 3.05) is 0 Å². The zero-order chi connectivity index (χ0) is 8.43. The molecule has 0 bridgehead atoms. The summed E-state index contributed by atoms with van der Waals surface area (Å²) in [5.74, 6) is -3.89. The van der Waals surface area contributed by atoms with Crippen molar-refractivity contribution in [3.05, 3.63) is 29.3 Å². The number of aromatic nitrogens is 1. The molecule has 0 saturated carbocycles. The fraction of sp³-hybridized carbons (Fsp3) is 0.167. The zero-order valence-corrected chi connectivity index (χ0v) is 5.31. The van der Waals surface area contributed by atoms with E-state index < -0.39 is 29.8 Å². The van der Waals surface area contributed by atoms with Crippen molar-refractivity contribution >= 4 is 0 Å². The second-order valence-electron chi connectivity index (χ2n) is 1.85. The van der Waals surface area contributed by atoms with Gasteiger partial charge in [-0.25, -0.2) is 13.8 Å². The number of rotatable bonds is 1. The monoisotopic (exact) mass is 163 g/mol. The van der Waals surface area contributed by atoms with E-state index in [-0.39, 0.29) is 0 Å². The number of hydrogen-bond acceptors (Lipinski definition) is 2. The van der Waals surface area contributed by atoms with E-state index in [2.05, 4.69) is 4.98 Å². The van der Waals surface area contributed by atoms with Crippen LogP contribution in [0.15, 0.2) is 6.20 Å². The highest BCUT2D eigenvalue weighted by Gasteiger charge is 2.13. The van der Waals surface area contributed by atoms with Gasteiger partial charge in [0.15, 0.2) is 5.82 Å². The van der Waals surface area contributed by atoms with Crippen LogP contribution < -0.4 is 0 Å². The highest BCUT2D eigenvalue weighted by Crippen LogP contribution is 2.12. The Hall–Kier alpha value is -1.10. The molecule has 5 heteroatoms. The number of hydrogen-bond donors (Lipinski definition) is 1. The summed E-state index contributed by atoms with van der Waals surface area (Å²) in [5, 5.41) is 8.35. The third kappa shape index (κ3) is 1.32. The fourth-order valence-corrected chi connectivity index (χ4v) is 0.622. The van der Waals surface area contributed by atoms with E-state index >= 15 is 0 Å². The molecule has 60 valence electrons. The molecular weight excluding hydrogens is 159 g/mol. The van der Waals surface area contributed by atoms with E-state index in [4.69, 9.17) is 5.11 Å². The third-order valence-electron chi connectivity index (χ3n) is 1.18. The lowest BCUT2D eigenvalue weighted by atomic mass is 10.2. The van der Waals surface area contributed by atoms with Gasteiger partial charge < -0.3 is 5.11 Å². The van der Waals surface area contributed by atoms with Crippen LogP contribution in [0.1, 0.15) is 5.56 Å². The molecule has 0 aromatic carbocycles. The predicted octanol–water partition coefficient (Wildman–Crippen LogP) is 0.991. The molecule has 0 saturated heterocycles. The molecule has 1 heterocycles. The average molecular weight is 163 g/mol. The van der Waals surface area contributed by atoms with Crippen LogP contribution in [0.2, 0.25) is 0 Å². The Kier molecular flexibility index (Phi) is 2.09. The Morgan fingerprint density at radius 2 is 2.00 bits per heavy atom. The molecule has 0 fully saturated rings. The molecule has 0 aliphatic heterocycles. The third-order valence-corrected chi connectivity index (χ3v) is 1.18. The molecule has 0 amide bonds. The summed E-state index contributed by atoms with van der Waals surface area (Å²) < 4.78 is 37.0. The minimum atomic E-state index is -1.44. The predicted molar refractivity (Wildman–Crippen MR) is 30.0 cm³/mol. The van der Waals surface area contributed by atoms with Gasteiger partial charge in [0.2, 0.25) is 5.95 Å². The van der Waals surface area contributed by atoms with Gasteiger partial charge in [0.1, 0.15) is 5.82 Å². The first-order valence-corrected chi connectivity index (χ1v) is 2.76. The second kappa shape index (κ2) is 2.87. The van der Waals surface area contributed by atoms with Gasteiger partial charge in [-0.05, 0) is 0 Å². The van der Waals surface area contributed by atoms with E-state index in [0.29, 0.717) is 6.20 Å². The lowest BCUT2D eigenvalue weighted by molar-refractivity contribution is 0.264. The maximum Gasteiger partial charge on any atom is 0.249 e. The Morgan fingerprint density at radius 3 is 2.45 bits per heavy atom. The molecule has 0 radical (unpaired) electrons. The maximum atomic E-state index is 12.4. The van der Waals surface area contributed by atoms with Gasteiger partial charge >= 0.3 is 0 Å². The summed E-state index contributed by atoms with van der Waals surface area (Å²) in [4.78, 5) is 2.76. The van der Waals surface area contributed by atoms with Gasteiger partial charge in [-0.15, -0.1) is 0 Å². The van der Waals surface area contributed by atoms with Crippen molar-refractivity contribution < 1.29 is 18.3 Å². The van der Waals surface area contributed by atoms with E-state index in [0.717, 1.165) is 0 Å². The molecule has 0 aliphatic carbocycles.